The number of ether oxygens (including phenoxy) is 1. The van der Waals surface area contributed by atoms with Crippen LogP contribution in [0.1, 0.15) is 21.9 Å². The van der Waals surface area contributed by atoms with Crippen LogP contribution in [0.2, 0.25) is 5.02 Å². The highest BCUT2D eigenvalue weighted by atomic mass is 79.9. The van der Waals surface area contributed by atoms with Crippen molar-refractivity contribution >= 4 is 33.3 Å². The lowest BCUT2D eigenvalue weighted by atomic mass is 10.1. The quantitative estimate of drug-likeness (QED) is 0.794. The van der Waals surface area contributed by atoms with E-state index < -0.39 is 0 Å². The largest absolute Gasteiger partial charge is 0.455 e. The Morgan fingerprint density at radius 3 is 2.89 bits per heavy atom. The molecule has 0 atom stereocenters. The summed E-state index contributed by atoms with van der Waals surface area (Å²) in [5.74, 6) is 0.609. The van der Waals surface area contributed by atoms with Crippen molar-refractivity contribution in [2.24, 2.45) is 0 Å². The molecule has 0 saturated carbocycles. The van der Waals surface area contributed by atoms with Gasteiger partial charge in [-0.2, -0.15) is 0 Å². The van der Waals surface area contributed by atoms with Gasteiger partial charge in [0.15, 0.2) is 5.76 Å². The van der Waals surface area contributed by atoms with Crippen molar-refractivity contribution in [3.8, 4) is 0 Å². The lowest BCUT2D eigenvalue weighted by Crippen LogP contribution is -2.00. The van der Waals surface area contributed by atoms with Crippen LogP contribution in [0.15, 0.2) is 39.2 Å². The molecule has 0 unspecified atom stereocenters. The van der Waals surface area contributed by atoms with Crippen LogP contribution in [0.25, 0.3) is 0 Å². The van der Waals surface area contributed by atoms with Crippen LogP contribution in [0.3, 0.4) is 0 Å². The SMILES string of the molecule is COCc1ccc(C(=O)c2cc(Br)ccc2Cl)o1. The van der Waals surface area contributed by atoms with Crippen LogP contribution in [-0.4, -0.2) is 12.9 Å². The van der Waals surface area contributed by atoms with Crippen molar-refractivity contribution in [3.63, 3.8) is 0 Å². The normalized spacial score (nSPS) is 10.6. The van der Waals surface area contributed by atoms with Gasteiger partial charge in [0.05, 0.1) is 5.02 Å². The Labute approximate surface area is 118 Å². The lowest BCUT2D eigenvalue weighted by Gasteiger charge is -2.02. The molecule has 0 radical (unpaired) electrons. The summed E-state index contributed by atoms with van der Waals surface area (Å²) in [6.07, 6.45) is 0. The number of halogens is 2. The highest BCUT2D eigenvalue weighted by molar-refractivity contribution is 9.10. The molecule has 0 aliphatic heterocycles. The number of ketones is 1. The molecule has 0 amide bonds. The van der Waals surface area contributed by atoms with Crippen molar-refractivity contribution < 1.29 is 13.9 Å². The maximum absolute atomic E-state index is 12.2. The molecule has 0 saturated heterocycles. The van der Waals surface area contributed by atoms with Gasteiger partial charge in [-0.25, -0.2) is 0 Å². The fraction of sp³-hybridized carbons (Fsp3) is 0.154. The van der Waals surface area contributed by atoms with Gasteiger partial charge in [0.1, 0.15) is 12.4 Å². The smallest absolute Gasteiger partial charge is 0.229 e. The second-order valence-electron chi connectivity index (χ2n) is 3.65. The number of rotatable bonds is 4. The van der Waals surface area contributed by atoms with Crippen molar-refractivity contribution in [2.75, 3.05) is 7.11 Å². The first-order chi connectivity index (χ1) is 8.61. The van der Waals surface area contributed by atoms with E-state index in [1.165, 1.54) is 0 Å². The third-order valence-corrected chi connectivity index (χ3v) is 3.17. The number of furan rings is 1. The van der Waals surface area contributed by atoms with Gasteiger partial charge in [-0.3, -0.25) is 4.79 Å². The predicted octanol–water partition coefficient (Wildman–Crippen LogP) is 4.07. The molecule has 3 nitrogen and oxygen atoms in total. The summed E-state index contributed by atoms with van der Waals surface area (Å²) in [6.45, 7) is 0.333. The van der Waals surface area contributed by atoms with Gasteiger partial charge in [-0.05, 0) is 30.3 Å². The minimum atomic E-state index is -0.247. The van der Waals surface area contributed by atoms with E-state index in [0.717, 1.165) is 4.47 Å². The summed E-state index contributed by atoms with van der Waals surface area (Å²) >= 11 is 9.31. The first-order valence-electron chi connectivity index (χ1n) is 5.19. The minimum Gasteiger partial charge on any atom is -0.455 e. The van der Waals surface area contributed by atoms with Crippen LogP contribution in [0, 0.1) is 0 Å². The number of methoxy groups -OCH3 is 1. The number of carbonyl (C=O) groups excluding carboxylic acids is 1. The Kier molecular flexibility index (Phi) is 4.22. The zero-order chi connectivity index (χ0) is 13.1. The van der Waals surface area contributed by atoms with Crippen LogP contribution in [0.4, 0.5) is 0 Å². The maximum Gasteiger partial charge on any atom is 0.229 e. The third-order valence-electron chi connectivity index (χ3n) is 2.35. The van der Waals surface area contributed by atoms with Crippen molar-refractivity contribution in [2.45, 2.75) is 6.61 Å². The Morgan fingerprint density at radius 1 is 1.39 bits per heavy atom. The third kappa shape index (κ3) is 2.83. The molecule has 0 bridgehead atoms. The summed E-state index contributed by atoms with van der Waals surface area (Å²) in [5, 5.41) is 0.396. The van der Waals surface area contributed by atoms with E-state index in [9.17, 15) is 4.79 Å². The number of hydrogen-bond donors (Lipinski definition) is 0. The van der Waals surface area contributed by atoms with E-state index in [1.54, 1.807) is 37.4 Å². The van der Waals surface area contributed by atoms with Crippen LogP contribution in [-0.2, 0) is 11.3 Å². The van der Waals surface area contributed by atoms with Gasteiger partial charge in [-0.1, -0.05) is 27.5 Å². The van der Waals surface area contributed by atoms with Crippen LogP contribution in [0.5, 0.6) is 0 Å². The molecule has 0 aliphatic rings. The van der Waals surface area contributed by atoms with E-state index in [-0.39, 0.29) is 11.5 Å². The standard InChI is InChI=1S/C13H10BrClO3/c1-17-7-9-3-5-12(18-9)13(16)10-6-8(14)2-4-11(10)15/h2-6H,7H2,1H3. The fourth-order valence-electron chi connectivity index (χ4n) is 1.52. The second kappa shape index (κ2) is 5.69. The van der Waals surface area contributed by atoms with Crippen LogP contribution >= 0.6 is 27.5 Å². The minimum absolute atomic E-state index is 0.247. The average Bonchev–Trinajstić information content (AvgIpc) is 2.80. The molecule has 0 N–H and O–H groups in total. The summed E-state index contributed by atoms with van der Waals surface area (Å²) in [4.78, 5) is 12.2. The number of hydrogen-bond acceptors (Lipinski definition) is 3. The molecule has 5 heteroatoms. The monoisotopic (exact) mass is 328 g/mol. The summed E-state index contributed by atoms with van der Waals surface area (Å²) < 4.78 is 11.1. The maximum atomic E-state index is 12.2. The van der Waals surface area contributed by atoms with Gasteiger partial charge in [0, 0.05) is 17.1 Å². The Morgan fingerprint density at radius 2 is 2.17 bits per heavy atom. The molecule has 2 aromatic rings. The summed E-state index contributed by atoms with van der Waals surface area (Å²) in [5.41, 5.74) is 0.407. The van der Waals surface area contributed by atoms with E-state index in [1.807, 2.05) is 0 Å². The van der Waals surface area contributed by atoms with E-state index in [4.69, 9.17) is 20.8 Å². The summed E-state index contributed by atoms with van der Waals surface area (Å²) in [7, 11) is 1.56. The van der Waals surface area contributed by atoms with E-state index in [2.05, 4.69) is 15.9 Å². The van der Waals surface area contributed by atoms with Crippen molar-refractivity contribution in [3.05, 3.63) is 56.9 Å². The molecule has 1 heterocycles. The topological polar surface area (TPSA) is 39.4 Å². The Hall–Kier alpha value is -1.10. The molecule has 0 aliphatic carbocycles. The first-order valence-corrected chi connectivity index (χ1v) is 6.36. The number of carbonyl (C=O) groups is 1. The molecule has 0 fully saturated rings. The molecule has 94 valence electrons. The molecular weight excluding hydrogens is 319 g/mol. The average molecular weight is 330 g/mol. The highest BCUT2D eigenvalue weighted by Crippen LogP contribution is 2.24. The van der Waals surface area contributed by atoms with Gasteiger partial charge in [0.2, 0.25) is 5.78 Å². The van der Waals surface area contributed by atoms with Crippen molar-refractivity contribution in [1.82, 2.24) is 0 Å². The fourth-order valence-corrected chi connectivity index (χ4v) is 2.09. The van der Waals surface area contributed by atoms with E-state index in [0.29, 0.717) is 23.0 Å². The number of benzene rings is 1. The van der Waals surface area contributed by atoms with Gasteiger partial charge in [0.25, 0.3) is 0 Å². The molecular formula is C13H10BrClO3. The van der Waals surface area contributed by atoms with Gasteiger partial charge in [-0.15, -0.1) is 0 Å². The second-order valence-corrected chi connectivity index (χ2v) is 4.98. The first kappa shape index (κ1) is 13.3. The Bertz CT molecular complexity index is 577. The molecule has 1 aromatic carbocycles. The molecule has 1 aromatic heterocycles. The van der Waals surface area contributed by atoms with Gasteiger partial charge < -0.3 is 9.15 Å². The predicted molar refractivity (Wildman–Crippen MR) is 72.0 cm³/mol. The molecule has 0 spiro atoms. The van der Waals surface area contributed by atoms with E-state index >= 15 is 0 Å². The molecule has 18 heavy (non-hydrogen) atoms. The lowest BCUT2D eigenvalue weighted by molar-refractivity contribution is 0.1000. The summed E-state index contributed by atoms with van der Waals surface area (Å²) in [6, 6.07) is 8.44. The van der Waals surface area contributed by atoms with Crippen molar-refractivity contribution in [1.29, 1.82) is 0 Å². The molecule has 2 rings (SSSR count). The van der Waals surface area contributed by atoms with Gasteiger partial charge >= 0.3 is 0 Å². The zero-order valence-corrected chi connectivity index (χ0v) is 11.9. The Balaban J connectivity index is 2.32. The zero-order valence-electron chi connectivity index (χ0n) is 9.57. The van der Waals surface area contributed by atoms with Crippen LogP contribution < -0.4 is 0 Å². The highest BCUT2D eigenvalue weighted by Gasteiger charge is 2.17.